The molecule has 1 aromatic rings. The van der Waals surface area contributed by atoms with Gasteiger partial charge in [0.2, 0.25) is 0 Å². The van der Waals surface area contributed by atoms with Gasteiger partial charge in [-0.2, -0.15) is 0 Å². The highest BCUT2D eigenvalue weighted by Crippen LogP contribution is 2.31. The van der Waals surface area contributed by atoms with Crippen molar-refractivity contribution in [1.82, 2.24) is 14.9 Å². The van der Waals surface area contributed by atoms with E-state index in [1.807, 2.05) is 0 Å². The number of nitrogens with zero attached hydrogens (tertiary/aromatic N) is 2. The molecule has 0 aliphatic carbocycles. The molecule has 1 unspecified atom stereocenters. The van der Waals surface area contributed by atoms with Gasteiger partial charge in [0.25, 0.3) is 0 Å². The maximum Gasteiger partial charge on any atom is 0.109 e. The van der Waals surface area contributed by atoms with Crippen molar-refractivity contribution < 1.29 is 0 Å². The number of rotatable bonds is 5. The normalized spacial score (nSPS) is 19.3. The van der Waals surface area contributed by atoms with Crippen LogP contribution in [0.25, 0.3) is 0 Å². The minimum atomic E-state index is 0.526. The summed E-state index contributed by atoms with van der Waals surface area (Å²) < 4.78 is 2.54. The average Bonchev–Trinajstić information content (AvgIpc) is 2.74. The lowest BCUT2D eigenvalue weighted by Gasteiger charge is -2.27. The van der Waals surface area contributed by atoms with Crippen LogP contribution < -0.4 is 5.32 Å². The van der Waals surface area contributed by atoms with E-state index in [4.69, 9.17) is 4.98 Å². The average molecular weight is 249 g/mol. The Labute approximate surface area is 111 Å². The molecule has 0 aromatic carbocycles. The summed E-state index contributed by atoms with van der Waals surface area (Å²) in [5.41, 5.74) is 2.79. The Balaban J connectivity index is 2.29. The molecule has 3 heteroatoms. The van der Waals surface area contributed by atoms with Crippen LogP contribution in [0.3, 0.4) is 0 Å². The molecule has 0 bridgehead atoms. The van der Waals surface area contributed by atoms with Gasteiger partial charge in [-0.1, -0.05) is 27.7 Å². The summed E-state index contributed by atoms with van der Waals surface area (Å²) in [5, 5.41) is 3.51. The third kappa shape index (κ3) is 2.61. The first-order chi connectivity index (χ1) is 8.67. The Kier molecular flexibility index (Phi) is 4.44. The first-order valence-electron chi connectivity index (χ1n) is 7.49. The van der Waals surface area contributed by atoms with Gasteiger partial charge in [-0.15, -0.1) is 0 Å². The highest BCUT2D eigenvalue weighted by Gasteiger charge is 2.24. The van der Waals surface area contributed by atoms with E-state index in [2.05, 4.69) is 37.6 Å². The van der Waals surface area contributed by atoms with Gasteiger partial charge in [-0.05, 0) is 25.7 Å². The lowest BCUT2D eigenvalue weighted by Crippen LogP contribution is -2.24. The van der Waals surface area contributed by atoms with Crippen molar-refractivity contribution in [2.45, 2.75) is 78.4 Å². The van der Waals surface area contributed by atoms with Gasteiger partial charge < -0.3 is 9.88 Å². The van der Waals surface area contributed by atoms with Gasteiger partial charge in [0.1, 0.15) is 5.82 Å². The lowest BCUT2D eigenvalue weighted by atomic mass is 9.99. The van der Waals surface area contributed by atoms with Crippen molar-refractivity contribution in [2.75, 3.05) is 0 Å². The Morgan fingerprint density at radius 3 is 2.78 bits per heavy atom. The number of nitrogens with one attached hydrogen (secondary N) is 1. The number of hydrogen-bond donors (Lipinski definition) is 1. The maximum absolute atomic E-state index is 4.88. The molecule has 0 saturated carbocycles. The summed E-state index contributed by atoms with van der Waals surface area (Å²) in [4.78, 5) is 4.88. The smallest absolute Gasteiger partial charge is 0.109 e. The van der Waals surface area contributed by atoms with E-state index in [0.29, 0.717) is 12.1 Å². The summed E-state index contributed by atoms with van der Waals surface area (Å²) in [6.45, 7) is 9.82. The van der Waals surface area contributed by atoms with Crippen LogP contribution in [-0.2, 0) is 19.4 Å². The molecular weight excluding hydrogens is 222 g/mol. The minimum Gasteiger partial charge on any atom is -0.329 e. The Morgan fingerprint density at radius 2 is 2.17 bits per heavy atom. The van der Waals surface area contributed by atoms with Crippen LogP contribution in [0.15, 0.2) is 0 Å². The van der Waals surface area contributed by atoms with Gasteiger partial charge in [0.15, 0.2) is 0 Å². The third-order valence-electron chi connectivity index (χ3n) is 3.95. The van der Waals surface area contributed by atoms with E-state index in [-0.39, 0.29) is 0 Å². The second-order valence-corrected chi connectivity index (χ2v) is 5.63. The van der Waals surface area contributed by atoms with Crippen LogP contribution in [0.4, 0.5) is 0 Å². The predicted molar refractivity (Wildman–Crippen MR) is 75.8 cm³/mol. The molecule has 0 spiro atoms. The van der Waals surface area contributed by atoms with Crippen LogP contribution in [-0.4, -0.2) is 15.6 Å². The van der Waals surface area contributed by atoms with Gasteiger partial charge in [0, 0.05) is 30.7 Å². The van der Waals surface area contributed by atoms with Crippen molar-refractivity contribution in [1.29, 1.82) is 0 Å². The topological polar surface area (TPSA) is 29.9 Å². The third-order valence-corrected chi connectivity index (χ3v) is 3.95. The Hall–Kier alpha value is -0.830. The molecule has 1 N–H and O–H groups in total. The zero-order valence-electron chi connectivity index (χ0n) is 12.3. The van der Waals surface area contributed by atoms with Gasteiger partial charge in [-0.3, -0.25) is 0 Å². The molecule has 3 nitrogen and oxygen atoms in total. The number of imidazole rings is 1. The second-order valence-electron chi connectivity index (χ2n) is 5.63. The summed E-state index contributed by atoms with van der Waals surface area (Å²) in [7, 11) is 0. The van der Waals surface area contributed by atoms with Crippen molar-refractivity contribution >= 4 is 0 Å². The number of fused-ring (bicyclic) bond motifs is 1. The summed E-state index contributed by atoms with van der Waals surface area (Å²) >= 11 is 0. The zero-order valence-corrected chi connectivity index (χ0v) is 12.3. The Bertz CT molecular complexity index is 393. The molecular formula is C15H27N3. The quantitative estimate of drug-likeness (QED) is 0.868. The van der Waals surface area contributed by atoms with Gasteiger partial charge in [0.05, 0.1) is 5.69 Å². The maximum atomic E-state index is 4.88. The Morgan fingerprint density at radius 1 is 1.39 bits per heavy atom. The van der Waals surface area contributed by atoms with E-state index < -0.39 is 0 Å². The summed E-state index contributed by atoms with van der Waals surface area (Å²) in [5.74, 6) is 1.29. The number of hydrogen-bond acceptors (Lipinski definition) is 2. The van der Waals surface area contributed by atoms with Crippen LogP contribution in [0.1, 0.15) is 70.2 Å². The fraction of sp³-hybridized carbons (Fsp3) is 0.800. The molecule has 0 amide bonds. The molecule has 0 fully saturated rings. The standard InChI is InChI=1S/C15H27N3/c1-5-12-8-7-9-14-13(10-16-11(3)4)17-15(6-2)18(12)14/h11-12,16H,5-10H2,1-4H3. The largest absolute Gasteiger partial charge is 0.329 e. The summed E-state index contributed by atoms with van der Waals surface area (Å²) in [6.07, 6.45) is 6.13. The van der Waals surface area contributed by atoms with E-state index in [9.17, 15) is 0 Å². The fourth-order valence-corrected chi connectivity index (χ4v) is 2.98. The van der Waals surface area contributed by atoms with E-state index in [0.717, 1.165) is 13.0 Å². The molecule has 1 aliphatic heterocycles. The predicted octanol–water partition coefficient (Wildman–Crippen LogP) is 3.23. The van der Waals surface area contributed by atoms with Crippen molar-refractivity contribution in [3.8, 4) is 0 Å². The fourth-order valence-electron chi connectivity index (χ4n) is 2.98. The SMILES string of the molecule is CCc1nc(CNC(C)C)c2n1C(CC)CCC2. The van der Waals surface area contributed by atoms with Crippen molar-refractivity contribution in [3.05, 3.63) is 17.2 Å². The first kappa shape index (κ1) is 13.6. The van der Waals surface area contributed by atoms with Crippen molar-refractivity contribution in [3.63, 3.8) is 0 Å². The first-order valence-corrected chi connectivity index (χ1v) is 7.49. The number of aromatic nitrogens is 2. The van der Waals surface area contributed by atoms with Crippen LogP contribution in [0.5, 0.6) is 0 Å². The minimum absolute atomic E-state index is 0.526. The molecule has 102 valence electrons. The van der Waals surface area contributed by atoms with E-state index in [1.165, 1.54) is 42.9 Å². The molecule has 0 radical (unpaired) electrons. The van der Waals surface area contributed by atoms with Crippen LogP contribution in [0, 0.1) is 0 Å². The van der Waals surface area contributed by atoms with Crippen LogP contribution >= 0.6 is 0 Å². The molecule has 2 heterocycles. The highest BCUT2D eigenvalue weighted by atomic mass is 15.1. The molecule has 2 rings (SSSR count). The number of aryl methyl sites for hydroxylation is 1. The van der Waals surface area contributed by atoms with E-state index in [1.54, 1.807) is 0 Å². The highest BCUT2D eigenvalue weighted by molar-refractivity contribution is 5.21. The monoisotopic (exact) mass is 249 g/mol. The van der Waals surface area contributed by atoms with Crippen molar-refractivity contribution in [2.24, 2.45) is 0 Å². The lowest BCUT2D eigenvalue weighted by molar-refractivity contribution is 0.379. The van der Waals surface area contributed by atoms with Gasteiger partial charge >= 0.3 is 0 Å². The molecule has 1 aliphatic rings. The zero-order chi connectivity index (χ0) is 13.1. The molecule has 18 heavy (non-hydrogen) atoms. The molecule has 0 saturated heterocycles. The molecule has 1 aromatic heterocycles. The van der Waals surface area contributed by atoms with E-state index >= 15 is 0 Å². The summed E-state index contributed by atoms with van der Waals surface area (Å²) in [6, 6.07) is 1.21. The van der Waals surface area contributed by atoms with Crippen LogP contribution in [0.2, 0.25) is 0 Å². The second kappa shape index (κ2) is 5.87. The van der Waals surface area contributed by atoms with Gasteiger partial charge in [-0.25, -0.2) is 4.98 Å². The molecule has 1 atom stereocenters.